The zero-order valence-electron chi connectivity index (χ0n) is 11.7. The van der Waals surface area contributed by atoms with Crippen molar-refractivity contribution in [2.24, 2.45) is 5.92 Å². The van der Waals surface area contributed by atoms with E-state index in [0.717, 1.165) is 5.56 Å². The Kier molecular flexibility index (Phi) is 3.84. The van der Waals surface area contributed by atoms with E-state index in [1.807, 2.05) is 13.8 Å². The maximum atomic E-state index is 13.0. The molecule has 0 amide bonds. The second kappa shape index (κ2) is 5.41. The minimum Gasteiger partial charge on any atom is -0.339 e. The van der Waals surface area contributed by atoms with E-state index in [-0.39, 0.29) is 11.7 Å². The van der Waals surface area contributed by atoms with E-state index in [1.165, 1.54) is 12.1 Å². The average Bonchev–Trinajstić information content (AvgIpc) is 2.88. The highest BCUT2D eigenvalue weighted by atomic mass is 19.1. The number of rotatable bonds is 4. The van der Waals surface area contributed by atoms with Gasteiger partial charge in [0.25, 0.3) is 0 Å². The van der Waals surface area contributed by atoms with Crippen LogP contribution in [0.5, 0.6) is 0 Å². The summed E-state index contributed by atoms with van der Waals surface area (Å²) in [6.45, 7) is 5.69. The molecule has 0 aliphatic heterocycles. The molecule has 1 unspecified atom stereocenters. The molecule has 5 heteroatoms. The van der Waals surface area contributed by atoms with Crippen molar-refractivity contribution in [3.05, 3.63) is 47.4 Å². The third-order valence-corrected chi connectivity index (χ3v) is 3.29. The molecule has 0 N–H and O–H groups in total. The zero-order valence-corrected chi connectivity index (χ0v) is 11.7. The number of hydrogen-bond acceptors (Lipinski definition) is 4. The predicted octanol–water partition coefficient (Wildman–Crippen LogP) is 3.24. The fraction of sp³-hybridized carbons (Fsp3) is 0.400. The van der Waals surface area contributed by atoms with Gasteiger partial charge < -0.3 is 4.52 Å². The molecular formula is C15H16FN3O. The monoisotopic (exact) mass is 273 g/mol. The average molecular weight is 273 g/mol. The summed E-state index contributed by atoms with van der Waals surface area (Å²) in [4.78, 5) is 4.35. The molecule has 0 aliphatic rings. The molecule has 1 aromatic carbocycles. The van der Waals surface area contributed by atoms with Crippen LogP contribution in [-0.2, 0) is 11.8 Å². The molecule has 1 atom stereocenters. The number of nitrogens with zero attached hydrogens (tertiary/aromatic N) is 3. The van der Waals surface area contributed by atoms with E-state index in [0.29, 0.717) is 18.1 Å². The first-order valence-electron chi connectivity index (χ1n) is 6.42. The van der Waals surface area contributed by atoms with E-state index in [2.05, 4.69) is 16.2 Å². The molecule has 2 aromatic rings. The lowest BCUT2D eigenvalue weighted by Crippen LogP contribution is -2.20. The number of hydrogen-bond donors (Lipinski definition) is 0. The predicted molar refractivity (Wildman–Crippen MR) is 71.3 cm³/mol. The standard InChI is InChI=1S/C15H16FN3O/c1-10(9-17)8-13-18-14(19-20-13)15(2,3)11-4-6-12(16)7-5-11/h4-7,10H,8H2,1-3H3. The van der Waals surface area contributed by atoms with Crippen LogP contribution in [-0.4, -0.2) is 10.1 Å². The Morgan fingerprint density at radius 1 is 1.35 bits per heavy atom. The summed E-state index contributed by atoms with van der Waals surface area (Å²) in [6, 6.07) is 8.38. The molecular weight excluding hydrogens is 257 g/mol. The van der Waals surface area contributed by atoms with Gasteiger partial charge in [0.2, 0.25) is 5.89 Å². The summed E-state index contributed by atoms with van der Waals surface area (Å²) in [6.07, 6.45) is 0.434. The summed E-state index contributed by atoms with van der Waals surface area (Å²) in [5.74, 6) is 0.534. The van der Waals surface area contributed by atoms with Gasteiger partial charge in [-0.1, -0.05) is 17.3 Å². The Morgan fingerprint density at radius 2 is 2.00 bits per heavy atom. The van der Waals surface area contributed by atoms with Gasteiger partial charge in [-0.05, 0) is 38.5 Å². The van der Waals surface area contributed by atoms with E-state index in [4.69, 9.17) is 9.78 Å². The van der Waals surface area contributed by atoms with Gasteiger partial charge in [0.05, 0.1) is 17.4 Å². The van der Waals surface area contributed by atoms with Crippen LogP contribution in [0.3, 0.4) is 0 Å². The van der Waals surface area contributed by atoms with Crippen molar-refractivity contribution >= 4 is 0 Å². The lowest BCUT2D eigenvalue weighted by Gasteiger charge is -2.20. The van der Waals surface area contributed by atoms with Crippen LogP contribution in [0.15, 0.2) is 28.8 Å². The van der Waals surface area contributed by atoms with Crippen molar-refractivity contribution in [1.82, 2.24) is 10.1 Å². The first kappa shape index (κ1) is 14.2. The Bertz CT molecular complexity index is 625. The van der Waals surface area contributed by atoms with Gasteiger partial charge >= 0.3 is 0 Å². The molecule has 4 nitrogen and oxygen atoms in total. The van der Waals surface area contributed by atoms with Gasteiger partial charge in [-0.2, -0.15) is 10.2 Å². The van der Waals surface area contributed by atoms with Crippen molar-refractivity contribution in [3.8, 4) is 6.07 Å². The van der Waals surface area contributed by atoms with Crippen molar-refractivity contribution < 1.29 is 8.91 Å². The number of halogens is 1. The largest absolute Gasteiger partial charge is 0.339 e. The summed E-state index contributed by atoms with van der Waals surface area (Å²) in [5, 5.41) is 12.8. The second-order valence-electron chi connectivity index (χ2n) is 5.38. The Labute approximate surface area is 117 Å². The zero-order chi connectivity index (χ0) is 14.8. The van der Waals surface area contributed by atoms with Crippen LogP contribution in [0.1, 0.15) is 38.0 Å². The second-order valence-corrected chi connectivity index (χ2v) is 5.38. The summed E-state index contributed by atoms with van der Waals surface area (Å²) < 4.78 is 18.2. The van der Waals surface area contributed by atoms with Crippen LogP contribution < -0.4 is 0 Å². The third-order valence-electron chi connectivity index (χ3n) is 3.29. The molecule has 20 heavy (non-hydrogen) atoms. The topological polar surface area (TPSA) is 62.7 Å². The lowest BCUT2D eigenvalue weighted by atomic mass is 9.84. The number of aromatic nitrogens is 2. The van der Waals surface area contributed by atoms with E-state index in [9.17, 15) is 4.39 Å². The SMILES string of the molecule is CC(C#N)Cc1nc(C(C)(C)c2ccc(F)cc2)no1. The number of benzene rings is 1. The third kappa shape index (κ3) is 2.85. The van der Waals surface area contributed by atoms with Gasteiger partial charge in [0.15, 0.2) is 5.82 Å². The smallest absolute Gasteiger partial charge is 0.227 e. The molecule has 1 aromatic heterocycles. The van der Waals surface area contributed by atoms with Crippen LogP contribution >= 0.6 is 0 Å². The molecule has 0 aliphatic carbocycles. The molecule has 2 rings (SSSR count). The molecule has 0 bridgehead atoms. The van der Waals surface area contributed by atoms with Crippen molar-refractivity contribution in [2.75, 3.05) is 0 Å². The van der Waals surface area contributed by atoms with E-state index >= 15 is 0 Å². The first-order chi connectivity index (χ1) is 9.43. The molecule has 0 radical (unpaired) electrons. The highest BCUT2D eigenvalue weighted by Crippen LogP contribution is 2.29. The molecule has 1 heterocycles. The molecule has 0 saturated carbocycles. The minimum absolute atomic E-state index is 0.169. The number of nitriles is 1. The van der Waals surface area contributed by atoms with Crippen LogP contribution in [0.4, 0.5) is 4.39 Å². The molecule has 0 saturated heterocycles. The minimum atomic E-state index is -0.481. The Hall–Kier alpha value is -2.22. The van der Waals surface area contributed by atoms with E-state index < -0.39 is 5.41 Å². The van der Waals surface area contributed by atoms with Crippen LogP contribution in [0.2, 0.25) is 0 Å². The maximum Gasteiger partial charge on any atom is 0.227 e. The van der Waals surface area contributed by atoms with Gasteiger partial charge in [-0.25, -0.2) is 4.39 Å². The van der Waals surface area contributed by atoms with Crippen molar-refractivity contribution in [3.63, 3.8) is 0 Å². The summed E-state index contributed by atoms with van der Waals surface area (Å²) in [7, 11) is 0. The highest BCUT2D eigenvalue weighted by molar-refractivity contribution is 5.30. The summed E-state index contributed by atoms with van der Waals surface area (Å²) >= 11 is 0. The lowest BCUT2D eigenvalue weighted by molar-refractivity contribution is 0.358. The van der Waals surface area contributed by atoms with Crippen molar-refractivity contribution in [1.29, 1.82) is 5.26 Å². The van der Waals surface area contributed by atoms with Gasteiger partial charge in [-0.3, -0.25) is 0 Å². The molecule has 104 valence electrons. The fourth-order valence-corrected chi connectivity index (χ4v) is 1.89. The highest BCUT2D eigenvalue weighted by Gasteiger charge is 2.29. The van der Waals surface area contributed by atoms with Crippen LogP contribution in [0.25, 0.3) is 0 Å². The van der Waals surface area contributed by atoms with Crippen LogP contribution in [0, 0.1) is 23.1 Å². The van der Waals surface area contributed by atoms with Gasteiger partial charge in [0.1, 0.15) is 5.82 Å². The molecule has 0 fully saturated rings. The van der Waals surface area contributed by atoms with E-state index in [1.54, 1.807) is 19.1 Å². The van der Waals surface area contributed by atoms with Gasteiger partial charge in [-0.15, -0.1) is 0 Å². The Morgan fingerprint density at radius 3 is 2.60 bits per heavy atom. The fourth-order valence-electron chi connectivity index (χ4n) is 1.89. The Balaban J connectivity index is 2.26. The first-order valence-corrected chi connectivity index (χ1v) is 6.42. The van der Waals surface area contributed by atoms with Crippen molar-refractivity contribution in [2.45, 2.75) is 32.6 Å². The maximum absolute atomic E-state index is 13.0. The quantitative estimate of drug-likeness (QED) is 0.858. The normalized spacial score (nSPS) is 12.9. The van der Waals surface area contributed by atoms with Gasteiger partial charge in [0, 0.05) is 6.42 Å². The summed E-state index contributed by atoms with van der Waals surface area (Å²) in [5.41, 5.74) is 0.422. The molecule has 0 spiro atoms.